The molecule has 0 N–H and O–H groups in total. The van der Waals surface area contributed by atoms with Gasteiger partial charge in [0.25, 0.3) is 0 Å². The van der Waals surface area contributed by atoms with E-state index in [0.717, 1.165) is 48.9 Å². The fourth-order valence-electron chi connectivity index (χ4n) is 4.44. The Hall–Kier alpha value is -2.24. The topological polar surface area (TPSA) is 34.2 Å². The summed E-state index contributed by atoms with van der Waals surface area (Å²) in [4.78, 5) is 5.02. The number of hydrogen-bond donors (Lipinski definition) is 0. The third kappa shape index (κ3) is 6.13. The first kappa shape index (κ1) is 22.4. The van der Waals surface area contributed by atoms with Crippen LogP contribution < -0.4 is 14.2 Å². The van der Waals surface area contributed by atoms with Gasteiger partial charge in [-0.3, -0.25) is 0 Å². The minimum Gasteiger partial charge on any atom is -0.497 e. The van der Waals surface area contributed by atoms with Crippen LogP contribution >= 0.6 is 0 Å². The van der Waals surface area contributed by atoms with Crippen LogP contribution in [-0.4, -0.2) is 64.4 Å². The molecular formula is C25H36N2O3. The van der Waals surface area contributed by atoms with Crippen LogP contribution in [-0.2, 0) is 13.0 Å². The highest BCUT2D eigenvalue weighted by atomic mass is 16.5. The van der Waals surface area contributed by atoms with Gasteiger partial charge in [-0.1, -0.05) is 18.2 Å². The molecule has 0 aliphatic carbocycles. The highest BCUT2D eigenvalue weighted by molar-refractivity contribution is 5.44. The van der Waals surface area contributed by atoms with Crippen LogP contribution in [0.2, 0.25) is 0 Å². The second-order valence-corrected chi connectivity index (χ2v) is 8.24. The largest absolute Gasteiger partial charge is 0.497 e. The molecule has 1 aliphatic rings. The quantitative estimate of drug-likeness (QED) is 0.587. The van der Waals surface area contributed by atoms with E-state index in [-0.39, 0.29) is 0 Å². The molecule has 0 bridgehead atoms. The van der Waals surface area contributed by atoms with Gasteiger partial charge < -0.3 is 24.0 Å². The molecule has 30 heavy (non-hydrogen) atoms. The minimum absolute atomic E-state index is 0.695. The summed E-state index contributed by atoms with van der Waals surface area (Å²) in [6.45, 7) is 5.41. The summed E-state index contributed by atoms with van der Waals surface area (Å²) in [6, 6.07) is 14.4. The van der Waals surface area contributed by atoms with Crippen LogP contribution in [0.25, 0.3) is 0 Å². The Morgan fingerprint density at radius 3 is 2.30 bits per heavy atom. The van der Waals surface area contributed by atoms with Crippen molar-refractivity contribution < 1.29 is 14.2 Å². The standard InChI is InChI=1S/C25H36N2O3/c1-26(19-23-24(29-3)8-5-9-25(23)30-4)17-21-7-6-15-27(18-21)16-14-20-10-12-22(28-2)13-11-20/h5,8-13,21H,6-7,14-19H2,1-4H3. The Balaban J connectivity index is 1.50. The molecule has 164 valence electrons. The van der Waals surface area contributed by atoms with Crippen LogP contribution in [0.5, 0.6) is 17.2 Å². The lowest BCUT2D eigenvalue weighted by atomic mass is 9.96. The van der Waals surface area contributed by atoms with Gasteiger partial charge in [-0.25, -0.2) is 0 Å². The summed E-state index contributed by atoms with van der Waals surface area (Å²) in [5.41, 5.74) is 2.50. The first-order valence-corrected chi connectivity index (χ1v) is 10.9. The Morgan fingerprint density at radius 2 is 1.67 bits per heavy atom. The van der Waals surface area contributed by atoms with Gasteiger partial charge >= 0.3 is 0 Å². The molecule has 5 heteroatoms. The van der Waals surface area contributed by atoms with E-state index in [1.54, 1.807) is 21.3 Å². The molecule has 2 aromatic rings. The first-order chi connectivity index (χ1) is 14.6. The number of benzene rings is 2. The van der Waals surface area contributed by atoms with E-state index in [4.69, 9.17) is 14.2 Å². The Morgan fingerprint density at radius 1 is 0.967 bits per heavy atom. The third-order valence-electron chi connectivity index (χ3n) is 6.01. The Labute approximate surface area is 181 Å². The van der Waals surface area contributed by atoms with E-state index < -0.39 is 0 Å². The summed E-state index contributed by atoms with van der Waals surface area (Å²) in [7, 11) is 7.35. The summed E-state index contributed by atoms with van der Waals surface area (Å²) in [6.07, 6.45) is 3.66. The van der Waals surface area contributed by atoms with Crippen molar-refractivity contribution in [3.63, 3.8) is 0 Å². The summed E-state index contributed by atoms with van der Waals surface area (Å²) < 4.78 is 16.4. The van der Waals surface area contributed by atoms with Gasteiger partial charge in [0.15, 0.2) is 0 Å². The molecule has 1 unspecified atom stereocenters. The zero-order chi connectivity index (χ0) is 21.3. The van der Waals surface area contributed by atoms with E-state index in [1.165, 1.54) is 31.5 Å². The van der Waals surface area contributed by atoms with E-state index in [2.05, 4.69) is 41.1 Å². The van der Waals surface area contributed by atoms with Gasteiger partial charge in [0.2, 0.25) is 0 Å². The van der Waals surface area contributed by atoms with Crippen LogP contribution in [0.15, 0.2) is 42.5 Å². The van der Waals surface area contributed by atoms with Crippen molar-refractivity contribution in [2.24, 2.45) is 5.92 Å². The molecule has 1 atom stereocenters. The predicted octanol–water partition coefficient (Wildman–Crippen LogP) is 4.10. The summed E-state index contributed by atoms with van der Waals surface area (Å²) >= 11 is 0. The highest BCUT2D eigenvalue weighted by Crippen LogP contribution is 2.30. The van der Waals surface area contributed by atoms with Gasteiger partial charge in [-0.2, -0.15) is 0 Å². The molecule has 0 aromatic heterocycles. The van der Waals surface area contributed by atoms with Crippen LogP contribution in [0, 0.1) is 5.92 Å². The minimum atomic E-state index is 0.695. The van der Waals surface area contributed by atoms with E-state index >= 15 is 0 Å². The molecule has 3 rings (SSSR count). The summed E-state index contributed by atoms with van der Waals surface area (Å²) in [5, 5.41) is 0. The molecule has 1 heterocycles. The van der Waals surface area contributed by atoms with Gasteiger partial charge in [0.1, 0.15) is 17.2 Å². The number of piperidine rings is 1. The lowest BCUT2D eigenvalue weighted by Crippen LogP contribution is -2.40. The normalized spacial score (nSPS) is 17.2. The fourth-order valence-corrected chi connectivity index (χ4v) is 4.44. The van der Waals surface area contributed by atoms with E-state index in [1.807, 2.05) is 18.2 Å². The molecule has 0 saturated carbocycles. The van der Waals surface area contributed by atoms with Crippen molar-refractivity contribution in [1.82, 2.24) is 9.80 Å². The summed E-state index contributed by atoms with van der Waals surface area (Å²) in [5.74, 6) is 3.41. The van der Waals surface area contributed by atoms with Crippen LogP contribution in [0.4, 0.5) is 0 Å². The Kier molecular flexibility index (Phi) is 8.40. The van der Waals surface area contributed by atoms with Crippen molar-refractivity contribution in [3.8, 4) is 17.2 Å². The van der Waals surface area contributed by atoms with Gasteiger partial charge in [-0.15, -0.1) is 0 Å². The van der Waals surface area contributed by atoms with Crippen molar-refractivity contribution in [2.45, 2.75) is 25.8 Å². The van der Waals surface area contributed by atoms with Crippen molar-refractivity contribution in [2.75, 3.05) is 54.6 Å². The molecule has 2 aromatic carbocycles. The second-order valence-electron chi connectivity index (χ2n) is 8.24. The molecule has 0 amide bonds. The van der Waals surface area contributed by atoms with Gasteiger partial charge in [-0.05, 0) is 68.6 Å². The third-order valence-corrected chi connectivity index (χ3v) is 6.01. The van der Waals surface area contributed by atoms with Gasteiger partial charge in [0, 0.05) is 26.2 Å². The maximum Gasteiger partial charge on any atom is 0.127 e. The van der Waals surface area contributed by atoms with Gasteiger partial charge in [0.05, 0.1) is 26.9 Å². The smallest absolute Gasteiger partial charge is 0.127 e. The number of nitrogens with zero attached hydrogens (tertiary/aromatic N) is 2. The number of hydrogen-bond acceptors (Lipinski definition) is 5. The average Bonchev–Trinajstić information content (AvgIpc) is 2.78. The predicted molar refractivity (Wildman–Crippen MR) is 122 cm³/mol. The lowest BCUT2D eigenvalue weighted by Gasteiger charge is -2.35. The average molecular weight is 413 g/mol. The maximum atomic E-state index is 5.56. The van der Waals surface area contributed by atoms with E-state index in [9.17, 15) is 0 Å². The van der Waals surface area contributed by atoms with Crippen molar-refractivity contribution in [1.29, 1.82) is 0 Å². The molecule has 1 fully saturated rings. The van der Waals surface area contributed by atoms with Crippen LogP contribution in [0.1, 0.15) is 24.0 Å². The lowest BCUT2D eigenvalue weighted by molar-refractivity contribution is 0.141. The number of methoxy groups -OCH3 is 3. The zero-order valence-electron chi connectivity index (χ0n) is 18.9. The number of rotatable bonds is 10. The first-order valence-electron chi connectivity index (χ1n) is 10.9. The number of likely N-dealkylation sites (tertiary alicyclic amines) is 1. The second kappa shape index (κ2) is 11.2. The molecule has 0 radical (unpaired) electrons. The monoisotopic (exact) mass is 412 g/mol. The molecule has 1 saturated heterocycles. The maximum absolute atomic E-state index is 5.56. The SMILES string of the molecule is COc1ccc(CCN2CCCC(CN(C)Cc3c(OC)cccc3OC)C2)cc1. The van der Waals surface area contributed by atoms with Crippen LogP contribution in [0.3, 0.4) is 0 Å². The van der Waals surface area contributed by atoms with Crippen molar-refractivity contribution >= 4 is 0 Å². The fraction of sp³-hybridized carbons (Fsp3) is 0.520. The Bertz CT molecular complexity index is 756. The molecular weight excluding hydrogens is 376 g/mol. The molecule has 1 aliphatic heterocycles. The molecule has 0 spiro atoms. The number of ether oxygens (including phenoxy) is 3. The molecule has 5 nitrogen and oxygen atoms in total. The zero-order valence-corrected chi connectivity index (χ0v) is 18.9. The van der Waals surface area contributed by atoms with Crippen molar-refractivity contribution in [3.05, 3.63) is 53.6 Å². The van der Waals surface area contributed by atoms with E-state index in [0.29, 0.717) is 5.92 Å². The highest BCUT2D eigenvalue weighted by Gasteiger charge is 2.22.